The Morgan fingerprint density at radius 3 is 2.62 bits per heavy atom. The van der Waals surface area contributed by atoms with Crippen molar-refractivity contribution in [3.63, 3.8) is 0 Å². The van der Waals surface area contributed by atoms with E-state index in [4.69, 9.17) is 11.6 Å². The minimum Gasteiger partial charge on any atom is -0.259 e. The molecule has 1 nitrogen and oxygen atoms in total. The number of aromatic nitrogens is 1. The van der Waals surface area contributed by atoms with Gasteiger partial charge in [-0.15, -0.1) is 11.6 Å². The van der Waals surface area contributed by atoms with Crippen molar-refractivity contribution >= 4 is 11.6 Å². The van der Waals surface area contributed by atoms with Crippen LogP contribution in [-0.2, 0) is 5.88 Å². The van der Waals surface area contributed by atoms with Gasteiger partial charge in [-0.25, -0.2) is 13.2 Å². The van der Waals surface area contributed by atoms with Crippen LogP contribution in [0, 0.1) is 12.7 Å². The van der Waals surface area contributed by atoms with Crippen molar-refractivity contribution in [1.29, 1.82) is 0 Å². The van der Waals surface area contributed by atoms with E-state index in [1.807, 2.05) is 0 Å². The van der Waals surface area contributed by atoms with E-state index in [2.05, 4.69) is 4.98 Å². The van der Waals surface area contributed by atoms with Crippen LogP contribution in [0.4, 0.5) is 13.2 Å². The van der Waals surface area contributed by atoms with Gasteiger partial charge in [-0.1, -0.05) is 0 Å². The van der Waals surface area contributed by atoms with Gasteiger partial charge < -0.3 is 0 Å². The molecule has 0 bridgehead atoms. The molecule has 0 unspecified atom stereocenters. The van der Waals surface area contributed by atoms with Gasteiger partial charge in [0, 0.05) is 11.8 Å². The summed E-state index contributed by atoms with van der Waals surface area (Å²) in [5.41, 5.74) is -0.289. The molecule has 0 N–H and O–H groups in total. The molecule has 0 aliphatic rings. The molecule has 0 amide bonds. The molecule has 72 valence electrons. The number of nitrogens with zero attached hydrogens (tertiary/aromatic N) is 1. The van der Waals surface area contributed by atoms with Crippen molar-refractivity contribution in [1.82, 2.24) is 4.98 Å². The number of pyridine rings is 1. The van der Waals surface area contributed by atoms with Crippen molar-refractivity contribution in [2.75, 3.05) is 0 Å². The Morgan fingerprint density at radius 1 is 1.54 bits per heavy atom. The molecular weight excluding hydrogens is 203 g/mol. The first-order valence-corrected chi connectivity index (χ1v) is 4.09. The van der Waals surface area contributed by atoms with Crippen LogP contribution in [0.2, 0.25) is 0 Å². The van der Waals surface area contributed by atoms with Gasteiger partial charge in [0.1, 0.15) is 5.82 Å². The first-order chi connectivity index (χ1) is 6.07. The van der Waals surface area contributed by atoms with E-state index in [9.17, 15) is 13.2 Å². The van der Waals surface area contributed by atoms with Gasteiger partial charge in [0.05, 0.1) is 17.1 Å². The highest BCUT2D eigenvalue weighted by molar-refractivity contribution is 6.17. The minimum atomic E-state index is -2.84. The predicted octanol–water partition coefficient (Wildman–Crippen LogP) is 3.21. The van der Waals surface area contributed by atoms with Gasteiger partial charge in [-0.2, -0.15) is 0 Å². The molecule has 1 rings (SSSR count). The maximum Gasteiger partial charge on any atom is 0.268 e. The van der Waals surface area contributed by atoms with Gasteiger partial charge in [-0.3, -0.25) is 4.98 Å². The van der Waals surface area contributed by atoms with Crippen molar-refractivity contribution < 1.29 is 13.2 Å². The summed E-state index contributed by atoms with van der Waals surface area (Å²) in [4.78, 5) is 3.63. The second kappa shape index (κ2) is 3.96. The quantitative estimate of drug-likeness (QED) is 0.682. The van der Waals surface area contributed by atoms with Crippen LogP contribution in [0.15, 0.2) is 6.20 Å². The first-order valence-electron chi connectivity index (χ1n) is 3.56. The van der Waals surface area contributed by atoms with Crippen LogP contribution in [0.25, 0.3) is 0 Å². The first kappa shape index (κ1) is 10.3. The molecule has 5 heteroatoms. The monoisotopic (exact) mass is 209 g/mol. The lowest BCUT2D eigenvalue weighted by molar-refractivity contribution is 0.145. The molecule has 0 aliphatic heterocycles. The van der Waals surface area contributed by atoms with Gasteiger partial charge in [0.2, 0.25) is 0 Å². The Hall–Kier alpha value is -0.770. The largest absolute Gasteiger partial charge is 0.268 e. The molecule has 0 radical (unpaired) electrons. The molecule has 0 atom stereocenters. The number of halogens is 4. The van der Waals surface area contributed by atoms with E-state index in [0.29, 0.717) is 5.69 Å². The minimum absolute atomic E-state index is 0.0201. The SMILES string of the molecule is Cc1c(CCl)ncc(C(F)F)c1F. The maximum atomic E-state index is 13.1. The Labute approximate surface area is 78.5 Å². The molecule has 0 spiro atoms. The van der Waals surface area contributed by atoms with E-state index < -0.39 is 17.8 Å². The van der Waals surface area contributed by atoms with Crippen molar-refractivity contribution in [3.05, 3.63) is 28.8 Å². The Balaban J connectivity index is 3.23. The zero-order valence-corrected chi connectivity index (χ0v) is 7.58. The van der Waals surface area contributed by atoms with E-state index in [1.54, 1.807) is 0 Å². The van der Waals surface area contributed by atoms with Gasteiger partial charge >= 0.3 is 0 Å². The van der Waals surface area contributed by atoms with Crippen LogP contribution in [-0.4, -0.2) is 4.98 Å². The molecule has 0 saturated carbocycles. The van der Waals surface area contributed by atoms with Crippen LogP contribution in [0.5, 0.6) is 0 Å². The Bertz CT molecular complexity index is 315. The van der Waals surface area contributed by atoms with Gasteiger partial charge in [-0.05, 0) is 6.92 Å². The maximum absolute atomic E-state index is 13.1. The smallest absolute Gasteiger partial charge is 0.259 e. The fourth-order valence-corrected chi connectivity index (χ4v) is 1.20. The standard InChI is InChI=1S/C8H7ClF3N/c1-4-6(2-9)13-3-5(7(4)10)8(11)12/h3,8H,2H2,1H3. The fraction of sp³-hybridized carbons (Fsp3) is 0.375. The van der Waals surface area contributed by atoms with E-state index in [-0.39, 0.29) is 11.4 Å². The normalized spacial score (nSPS) is 10.9. The highest BCUT2D eigenvalue weighted by Crippen LogP contribution is 2.24. The average Bonchev–Trinajstić information content (AvgIpc) is 2.09. The lowest BCUT2D eigenvalue weighted by Crippen LogP contribution is -2.00. The van der Waals surface area contributed by atoms with E-state index in [1.165, 1.54) is 6.92 Å². The van der Waals surface area contributed by atoms with Crippen molar-refractivity contribution in [2.45, 2.75) is 19.2 Å². The van der Waals surface area contributed by atoms with Gasteiger partial charge in [0.25, 0.3) is 6.43 Å². The number of hydrogen-bond acceptors (Lipinski definition) is 1. The molecule has 13 heavy (non-hydrogen) atoms. The van der Waals surface area contributed by atoms with Crippen LogP contribution < -0.4 is 0 Å². The second-order valence-corrected chi connectivity index (χ2v) is 2.80. The van der Waals surface area contributed by atoms with Gasteiger partial charge in [0.15, 0.2) is 0 Å². The second-order valence-electron chi connectivity index (χ2n) is 2.53. The highest BCUT2D eigenvalue weighted by atomic mass is 35.5. The van der Waals surface area contributed by atoms with Crippen molar-refractivity contribution in [3.8, 4) is 0 Å². The zero-order valence-electron chi connectivity index (χ0n) is 6.82. The Kier molecular flexibility index (Phi) is 3.14. The molecule has 1 aromatic rings. The highest BCUT2D eigenvalue weighted by Gasteiger charge is 2.17. The number of hydrogen-bond donors (Lipinski definition) is 0. The van der Waals surface area contributed by atoms with Crippen LogP contribution in [0.1, 0.15) is 23.2 Å². The molecule has 0 saturated heterocycles. The lowest BCUT2D eigenvalue weighted by Gasteiger charge is -2.06. The molecular formula is C8H7ClF3N. The molecule has 0 aromatic carbocycles. The predicted molar refractivity (Wildman–Crippen MR) is 43.4 cm³/mol. The summed E-state index contributed by atoms with van der Waals surface area (Å²) in [6.07, 6.45) is -2.01. The summed E-state index contributed by atoms with van der Waals surface area (Å²) in [7, 11) is 0. The zero-order chi connectivity index (χ0) is 10.0. The number of rotatable bonds is 2. The lowest BCUT2D eigenvalue weighted by atomic mass is 10.1. The third kappa shape index (κ3) is 1.94. The molecule has 0 fully saturated rings. The third-order valence-corrected chi connectivity index (χ3v) is 1.99. The van der Waals surface area contributed by atoms with Crippen LogP contribution >= 0.6 is 11.6 Å². The summed E-state index contributed by atoms with van der Waals surface area (Å²) in [6.45, 7) is 1.38. The molecule has 1 heterocycles. The third-order valence-electron chi connectivity index (χ3n) is 1.74. The molecule has 1 aromatic heterocycles. The summed E-state index contributed by atoms with van der Waals surface area (Å²) >= 11 is 5.42. The summed E-state index contributed by atoms with van der Waals surface area (Å²) in [5.74, 6) is -0.896. The average molecular weight is 210 g/mol. The summed E-state index contributed by atoms with van der Waals surface area (Å²) in [5, 5.41) is 0. The van der Waals surface area contributed by atoms with Crippen molar-refractivity contribution in [2.24, 2.45) is 0 Å². The summed E-state index contributed by atoms with van der Waals surface area (Å²) < 4.78 is 37.4. The number of alkyl halides is 3. The fourth-order valence-electron chi connectivity index (χ4n) is 0.931. The Morgan fingerprint density at radius 2 is 2.15 bits per heavy atom. The van der Waals surface area contributed by atoms with E-state index in [0.717, 1.165) is 6.20 Å². The molecule has 0 aliphatic carbocycles. The van der Waals surface area contributed by atoms with E-state index >= 15 is 0 Å². The summed E-state index contributed by atoms with van der Waals surface area (Å²) in [6, 6.07) is 0. The topological polar surface area (TPSA) is 12.9 Å². The van der Waals surface area contributed by atoms with Crippen LogP contribution in [0.3, 0.4) is 0 Å².